The second-order valence-corrected chi connectivity index (χ2v) is 6.23. The zero-order chi connectivity index (χ0) is 19.1. The lowest BCUT2D eigenvalue weighted by Crippen LogP contribution is -2.26. The van der Waals surface area contributed by atoms with Gasteiger partial charge in [-0.25, -0.2) is 0 Å². The van der Waals surface area contributed by atoms with E-state index in [4.69, 9.17) is 14.2 Å². The van der Waals surface area contributed by atoms with E-state index in [0.717, 1.165) is 11.1 Å². The second kappa shape index (κ2) is 9.13. The van der Waals surface area contributed by atoms with E-state index >= 15 is 0 Å². The van der Waals surface area contributed by atoms with Crippen LogP contribution in [0.2, 0.25) is 0 Å². The average Bonchev–Trinajstić information content (AvgIpc) is 2.65. The van der Waals surface area contributed by atoms with Crippen molar-refractivity contribution >= 4 is 5.91 Å². The minimum Gasteiger partial charge on any atom is -0.493 e. The molecule has 0 aliphatic heterocycles. The van der Waals surface area contributed by atoms with Gasteiger partial charge in [0.2, 0.25) is 11.7 Å². The van der Waals surface area contributed by atoms with E-state index in [9.17, 15) is 4.79 Å². The van der Waals surface area contributed by atoms with Crippen LogP contribution in [0.15, 0.2) is 36.4 Å². The lowest BCUT2D eigenvalue weighted by molar-refractivity contribution is -0.121. The number of rotatable bonds is 8. The number of carbonyl (C=O) groups excluding carboxylic acids is 1. The molecule has 1 N–H and O–H groups in total. The minimum absolute atomic E-state index is 0.00632. The number of nitrogens with one attached hydrogen (secondary N) is 1. The van der Waals surface area contributed by atoms with E-state index in [2.05, 4.69) is 5.32 Å². The molecule has 0 radical (unpaired) electrons. The van der Waals surface area contributed by atoms with Gasteiger partial charge in [-0.1, -0.05) is 29.8 Å². The Balaban J connectivity index is 1.99. The first-order valence-corrected chi connectivity index (χ1v) is 8.63. The minimum atomic E-state index is -0.0250. The molecule has 5 heteroatoms. The number of aryl methyl sites for hydroxylation is 2. The lowest BCUT2D eigenvalue weighted by Gasteiger charge is -2.16. The number of amides is 1. The van der Waals surface area contributed by atoms with Gasteiger partial charge in [-0.3, -0.25) is 4.79 Å². The third-order valence-electron chi connectivity index (χ3n) is 4.32. The molecule has 1 atom stereocenters. The van der Waals surface area contributed by atoms with Crippen molar-refractivity contribution in [1.29, 1.82) is 0 Å². The van der Waals surface area contributed by atoms with Crippen molar-refractivity contribution in [2.75, 3.05) is 21.3 Å². The molecule has 0 aliphatic rings. The van der Waals surface area contributed by atoms with E-state index < -0.39 is 0 Å². The Morgan fingerprint density at radius 3 is 2.08 bits per heavy atom. The van der Waals surface area contributed by atoms with Crippen LogP contribution in [-0.2, 0) is 11.2 Å². The fourth-order valence-corrected chi connectivity index (χ4v) is 2.79. The summed E-state index contributed by atoms with van der Waals surface area (Å²) in [4.78, 5) is 12.3. The van der Waals surface area contributed by atoms with Gasteiger partial charge in [0.15, 0.2) is 11.5 Å². The summed E-state index contributed by atoms with van der Waals surface area (Å²) in [6.45, 7) is 4.03. The van der Waals surface area contributed by atoms with E-state index in [0.29, 0.717) is 30.1 Å². The van der Waals surface area contributed by atoms with Crippen LogP contribution >= 0.6 is 0 Å². The van der Waals surface area contributed by atoms with Crippen LogP contribution in [-0.4, -0.2) is 27.2 Å². The molecule has 1 amide bonds. The monoisotopic (exact) mass is 357 g/mol. The predicted octanol–water partition coefficient (Wildman–Crippen LogP) is 3.83. The molecule has 2 rings (SSSR count). The maximum Gasteiger partial charge on any atom is 0.220 e. The van der Waals surface area contributed by atoms with Gasteiger partial charge < -0.3 is 19.5 Å². The lowest BCUT2D eigenvalue weighted by atomic mass is 10.1. The summed E-state index contributed by atoms with van der Waals surface area (Å²) in [5.41, 5.74) is 3.25. The first-order chi connectivity index (χ1) is 12.5. The maximum absolute atomic E-state index is 12.3. The van der Waals surface area contributed by atoms with Crippen molar-refractivity contribution in [3.05, 3.63) is 53.1 Å². The molecule has 0 aromatic heterocycles. The Kier molecular flexibility index (Phi) is 6.89. The largest absolute Gasteiger partial charge is 0.493 e. The molecule has 26 heavy (non-hydrogen) atoms. The van der Waals surface area contributed by atoms with Crippen molar-refractivity contribution < 1.29 is 19.0 Å². The number of methoxy groups -OCH3 is 3. The number of ether oxygens (including phenoxy) is 3. The highest BCUT2D eigenvalue weighted by Gasteiger charge is 2.14. The van der Waals surface area contributed by atoms with Gasteiger partial charge in [-0.15, -0.1) is 0 Å². The Morgan fingerprint density at radius 1 is 1.00 bits per heavy atom. The first-order valence-electron chi connectivity index (χ1n) is 8.63. The number of hydrogen-bond donors (Lipinski definition) is 1. The van der Waals surface area contributed by atoms with Gasteiger partial charge in [-0.2, -0.15) is 0 Å². The summed E-state index contributed by atoms with van der Waals surface area (Å²) in [6.07, 6.45) is 0.970. The molecule has 0 saturated carbocycles. The highest BCUT2D eigenvalue weighted by atomic mass is 16.5. The van der Waals surface area contributed by atoms with Crippen LogP contribution in [0.25, 0.3) is 0 Å². The molecule has 1 unspecified atom stereocenters. The van der Waals surface area contributed by atoms with Gasteiger partial charge in [0.25, 0.3) is 0 Å². The molecule has 0 aliphatic carbocycles. The van der Waals surface area contributed by atoms with Crippen molar-refractivity contribution in [2.24, 2.45) is 0 Å². The molecular formula is C21H27NO4. The van der Waals surface area contributed by atoms with Gasteiger partial charge in [0, 0.05) is 6.42 Å². The first kappa shape index (κ1) is 19.6. The van der Waals surface area contributed by atoms with Crippen molar-refractivity contribution in [1.82, 2.24) is 5.32 Å². The molecule has 2 aromatic carbocycles. The third kappa shape index (κ3) is 4.91. The number of carbonyl (C=O) groups is 1. The van der Waals surface area contributed by atoms with Gasteiger partial charge >= 0.3 is 0 Å². The van der Waals surface area contributed by atoms with Crippen LogP contribution in [0.5, 0.6) is 17.2 Å². The van der Waals surface area contributed by atoms with Crippen LogP contribution in [0.4, 0.5) is 0 Å². The van der Waals surface area contributed by atoms with Crippen molar-refractivity contribution in [3.63, 3.8) is 0 Å². The third-order valence-corrected chi connectivity index (χ3v) is 4.32. The molecule has 0 bridgehead atoms. The summed E-state index contributed by atoms with van der Waals surface area (Å²) >= 11 is 0. The highest BCUT2D eigenvalue weighted by Crippen LogP contribution is 2.38. The summed E-state index contributed by atoms with van der Waals surface area (Å²) in [5, 5.41) is 3.04. The normalized spacial score (nSPS) is 11.6. The van der Waals surface area contributed by atoms with Crippen molar-refractivity contribution in [2.45, 2.75) is 32.7 Å². The quantitative estimate of drug-likeness (QED) is 0.780. The summed E-state index contributed by atoms with van der Waals surface area (Å²) in [7, 11) is 4.73. The molecule has 0 spiro atoms. The van der Waals surface area contributed by atoms with E-state index in [1.165, 1.54) is 5.56 Å². The smallest absolute Gasteiger partial charge is 0.220 e. The van der Waals surface area contributed by atoms with Crippen LogP contribution in [0, 0.1) is 6.92 Å². The van der Waals surface area contributed by atoms with Crippen molar-refractivity contribution in [3.8, 4) is 17.2 Å². The molecule has 0 heterocycles. The zero-order valence-corrected chi connectivity index (χ0v) is 16.1. The molecule has 140 valence electrons. The number of benzene rings is 2. The molecule has 2 aromatic rings. The average molecular weight is 357 g/mol. The maximum atomic E-state index is 12.3. The van der Waals surface area contributed by atoms with Gasteiger partial charge in [0.1, 0.15) is 0 Å². The van der Waals surface area contributed by atoms with Gasteiger partial charge in [0.05, 0.1) is 27.4 Å². The van der Waals surface area contributed by atoms with Crippen LogP contribution < -0.4 is 19.5 Å². The van der Waals surface area contributed by atoms with E-state index in [-0.39, 0.29) is 11.9 Å². The molecule has 0 fully saturated rings. The standard InChI is InChI=1S/C21H27NO4/c1-14-6-9-17(10-7-14)15(2)22-20(23)11-8-16-12-18(24-3)21(26-5)19(13-16)25-4/h6-7,9-10,12-13,15H,8,11H2,1-5H3,(H,22,23). The SMILES string of the molecule is COc1cc(CCC(=O)NC(C)c2ccc(C)cc2)cc(OC)c1OC. The van der Waals surface area contributed by atoms with E-state index in [1.54, 1.807) is 21.3 Å². The Labute approximate surface area is 155 Å². The summed E-state index contributed by atoms with van der Waals surface area (Å²) < 4.78 is 16.0. The fraction of sp³-hybridized carbons (Fsp3) is 0.381. The summed E-state index contributed by atoms with van der Waals surface area (Å²) in [6, 6.07) is 11.9. The Morgan fingerprint density at radius 2 is 1.58 bits per heavy atom. The second-order valence-electron chi connectivity index (χ2n) is 6.23. The molecule has 5 nitrogen and oxygen atoms in total. The van der Waals surface area contributed by atoms with E-state index in [1.807, 2.05) is 50.2 Å². The summed E-state index contributed by atoms with van der Waals surface area (Å²) in [5.74, 6) is 1.74. The fourth-order valence-electron chi connectivity index (χ4n) is 2.79. The predicted molar refractivity (Wildman–Crippen MR) is 102 cm³/mol. The molecule has 0 saturated heterocycles. The number of hydrogen-bond acceptors (Lipinski definition) is 4. The highest BCUT2D eigenvalue weighted by molar-refractivity contribution is 5.76. The van der Waals surface area contributed by atoms with Gasteiger partial charge in [-0.05, 0) is 43.5 Å². The van der Waals surface area contributed by atoms with Crippen LogP contribution in [0.1, 0.15) is 36.1 Å². The molecular weight excluding hydrogens is 330 g/mol. The Hall–Kier alpha value is -2.69. The zero-order valence-electron chi connectivity index (χ0n) is 16.1. The van der Waals surface area contributed by atoms with Crippen LogP contribution in [0.3, 0.4) is 0 Å². The topological polar surface area (TPSA) is 56.8 Å². The Bertz CT molecular complexity index is 715.